The predicted molar refractivity (Wildman–Crippen MR) is 84.8 cm³/mol. The van der Waals surface area contributed by atoms with Crippen molar-refractivity contribution in [2.75, 3.05) is 6.54 Å². The quantitative estimate of drug-likeness (QED) is 0.610. The molecule has 0 radical (unpaired) electrons. The molecule has 0 bridgehead atoms. The van der Waals surface area contributed by atoms with Gasteiger partial charge in [0.25, 0.3) is 5.91 Å². The van der Waals surface area contributed by atoms with Gasteiger partial charge in [0, 0.05) is 24.4 Å². The van der Waals surface area contributed by atoms with Crippen LogP contribution in [0.25, 0.3) is 0 Å². The van der Waals surface area contributed by atoms with Crippen molar-refractivity contribution < 1.29 is 23.9 Å². The lowest BCUT2D eigenvalue weighted by atomic mass is 10.2. The predicted octanol–water partition coefficient (Wildman–Crippen LogP) is 1.04. The van der Waals surface area contributed by atoms with Crippen LogP contribution in [0.1, 0.15) is 25.3 Å². The Labute approximate surface area is 143 Å². The number of carbonyl (C=O) groups excluding carboxylic acids is 4. The summed E-state index contributed by atoms with van der Waals surface area (Å²) in [5, 5.41) is 3.13. The topological polar surface area (TPSA) is 92.8 Å². The third-order valence-corrected chi connectivity index (χ3v) is 3.90. The maximum absolute atomic E-state index is 12.0. The first-order valence-electron chi connectivity index (χ1n) is 7.42. The highest BCUT2D eigenvalue weighted by Crippen LogP contribution is 2.14. The fourth-order valence-electron chi connectivity index (χ4n) is 2.18. The first-order valence-corrected chi connectivity index (χ1v) is 7.80. The Bertz CT molecular complexity index is 660. The second-order valence-corrected chi connectivity index (χ2v) is 5.72. The average Bonchev–Trinajstić information content (AvgIpc) is 2.85. The average molecular weight is 353 g/mol. The summed E-state index contributed by atoms with van der Waals surface area (Å²) in [6, 6.07) is 7.04. The highest BCUT2D eigenvalue weighted by atomic mass is 35.5. The summed E-state index contributed by atoms with van der Waals surface area (Å²) < 4.78 is 4.96. The van der Waals surface area contributed by atoms with E-state index in [1.54, 1.807) is 24.3 Å². The number of benzene rings is 1. The summed E-state index contributed by atoms with van der Waals surface area (Å²) in [7, 11) is 0. The van der Waals surface area contributed by atoms with Crippen molar-refractivity contribution >= 4 is 35.3 Å². The number of esters is 1. The number of hydrogen-bond acceptors (Lipinski definition) is 5. The molecule has 1 unspecified atom stereocenters. The summed E-state index contributed by atoms with van der Waals surface area (Å²) >= 11 is 5.99. The molecule has 3 amide bonds. The van der Waals surface area contributed by atoms with E-state index in [2.05, 4.69) is 5.32 Å². The van der Waals surface area contributed by atoms with Crippen molar-refractivity contribution in [2.45, 2.75) is 32.4 Å². The lowest BCUT2D eigenvalue weighted by molar-refractivity contribution is -0.159. The van der Waals surface area contributed by atoms with E-state index in [1.165, 1.54) is 6.92 Å². The Morgan fingerprint density at radius 3 is 2.50 bits per heavy atom. The highest BCUT2D eigenvalue weighted by Gasteiger charge is 2.31. The van der Waals surface area contributed by atoms with E-state index in [9.17, 15) is 19.2 Å². The Balaban J connectivity index is 1.80. The van der Waals surface area contributed by atoms with Gasteiger partial charge in [0.1, 0.15) is 6.54 Å². The summed E-state index contributed by atoms with van der Waals surface area (Å²) in [5.74, 6) is -2.12. The van der Waals surface area contributed by atoms with Gasteiger partial charge in [-0.15, -0.1) is 0 Å². The van der Waals surface area contributed by atoms with Crippen LogP contribution in [-0.2, 0) is 30.5 Å². The Kier molecular flexibility index (Phi) is 5.92. The number of likely N-dealkylation sites (tertiary alicyclic amines) is 1. The number of halogens is 1. The summed E-state index contributed by atoms with van der Waals surface area (Å²) in [6.07, 6.45) is -0.854. The Morgan fingerprint density at radius 1 is 1.25 bits per heavy atom. The van der Waals surface area contributed by atoms with Crippen LogP contribution in [0.2, 0.25) is 5.02 Å². The number of rotatable bonds is 6. The van der Waals surface area contributed by atoms with Crippen LogP contribution in [0.3, 0.4) is 0 Å². The van der Waals surface area contributed by atoms with Gasteiger partial charge in [-0.25, -0.2) is 0 Å². The highest BCUT2D eigenvalue weighted by molar-refractivity contribution is 6.31. The molecule has 0 spiro atoms. The molecule has 1 aromatic rings. The van der Waals surface area contributed by atoms with E-state index in [0.717, 1.165) is 10.5 Å². The Morgan fingerprint density at radius 2 is 1.88 bits per heavy atom. The van der Waals surface area contributed by atoms with Gasteiger partial charge in [-0.3, -0.25) is 24.1 Å². The zero-order valence-corrected chi connectivity index (χ0v) is 13.8. The molecule has 0 aromatic heterocycles. The SMILES string of the molecule is CC(OC(=O)CN1C(=O)CCC1=O)C(=O)NCc1ccccc1Cl. The smallest absolute Gasteiger partial charge is 0.326 e. The normalized spacial score (nSPS) is 15.3. The van der Waals surface area contributed by atoms with E-state index in [1.807, 2.05) is 0 Å². The molecule has 0 aliphatic carbocycles. The van der Waals surface area contributed by atoms with Crippen molar-refractivity contribution in [3.05, 3.63) is 34.9 Å². The van der Waals surface area contributed by atoms with Gasteiger partial charge in [-0.2, -0.15) is 0 Å². The third kappa shape index (κ3) is 4.55. The first kappa shape index (κ1) is 17.9. The minimum Gasteiger partial charge on any atom is -0.451 e. The summed E-state index contributed by atoms with van der Waals surface area (Å²) in [5.41, 5.74) is 0.735. The molecule has 1 saturated heterocycles. The molecule has 1 fully saturated rings. The molecule has 128 valence electrons. The zero-order chi connectivity index (χ0) is 17.7. The molecule has 2 rings (SSSR count). The maximum atomic E-state index is 12.0. The van der Waals surface area contributed by atoms with E-state index < -0.39 is 36.3 Å². The Hall–Kier alpha value is -2.41. The van der Waals surface area contributed by atoms with E-state index >= 15 is 0 Å². The van der Waals surface area contributed by atoms with Gasteiger partial charge >= 0.3 is 5.97 Å². The lowest BCUT2D eigenvalue weighted by Gasteiger charge is -2.16. The van der Waals surface area contributed by atoms with Gasteiger partial charge in [-0.05, 0) is 18.6 Å². The zero-order valence-electron chi connectivity index (χ0n) is 13.1. The molecule has 1 aliphatic rings. The number of carbonyl (C=O) groups is 4. The van der Waals surface area contributed by atoms with Gasteiger partial charge in [0.05, 0.1) is 0 Å². The van der Waals surface area contributed by atoms with Crippen LogP contribution in [0.5, 0.6) is 0 Å². The largest absolute Gasteiger partial charge is 0.451 e. The van der Waals surface area contributed by atoms with Gasteiger partial charge in [0.2, 0.25) is 11.8 Å². The summed E-state index contributed by atoms with van der Waals surface area (Å²) in [4.78, 5) is 47.4. The van der Waals surface area contributed by atoms with Gasteiger partial charge in [-0.1, -0.05) is 29.8 Å². The van der Waals surface area contributed by atoms with Crippen LogP contribution >= 0.6 is 11.6 Å². The molecule has 1 aromatic carbocycles. The fraction of sp³-hybridized carbons (Fsp3) is 0.375. The number of amides is 3. The molecule has 0 saturated carbocycles. The fourth-order valence-corrected chi connectivity index (χ4v) is 2.39. The second kappa shape index (κ2) is 7.92. The molecule has 1 aliphatic heterocycles. The van der Waals surface area contributed by atoms with E-state index in [0.29, 0.717) is 5.02 Å². The van der Waals surface area contributed by atoms with E-state index in [-0.39, 0.29) is 19.4 Å². The molecular weight excluding hydrogens is 336 g/mol. The van der Waals surface area contributed by atoms with E-state index in [4.69, 9.17) is 16.3 Å². The number of nitrogens with zero attached hydrogens (tertiary/aromatic N) is 1. The molecule has 8 heteroatoms. The number of hydrogen-bond donors (Lipinski definition) is 1. The lowest BCUT2D eigenvalue weighted by Crippen LogP contribution is -2.40. The van der Waals surface area contributed by atoms with Crippen molar-refractivity contribution in [1.29, 1.82) is 0 Å². The molecular formula is C16H17ClN2O5. The molecule has 24 heavy (non-hydrogen) atoms. The maximum Gasteiger partial charge on any atom is 0.326 e. The molecule has 7 nitrogen and oxygen atoms in total. The standard InChI is InChI=1S/C16H17ClN2O5/c1-10(16(23)18-8-11-4-2-3-5-12(11)17)24-15(22)9-19-13(20)6-7-14(19)21/h2-5,10H,6-9H2,1H3,(H,18,23). The van der Waals surface area contributed by atoms with Crippen LogP contribution in [-0.4, -0.2) is 41.2 Å². The van der Waals surface area contributed by atoms with Crippen LogP contribution in [0.4, 0.5) is 0 Å². The first-order chi connectivity index (χ1) is 11.4. The second-order valence-electron chi connectivity index (χ2n) is 5.31. The molecule has 1 atom stereocenters. The minimum absolute atomic E-state index is 0.0972. The molecule has 1 heterocycles. The van der Waals surface area contributed by atoms with Crippen molar-refractivity contribution in [3.8, 4) is 0 Å². The van der Waals surface area contributed by atoms with Crippen molar-refractivity contribution in [3.63, 3.8) is 0 Å². The molecule has 1 N–H and O–H groups in total. The van der Waals surface area contributed by atoms with Gasteiger partial charge in [0.15, 0.2) is 6.10 Å². The van der Waals surface area contributed by atoms with Crippen LogP contribution in [0, 0.1) is 0 Å². The van der Waals surface area contributed by atoms with Gasteiger partial charge < -0.3 is 10.1 Å². The number of imide groups is 1. The number of ether oxygens (including phenoxy) is 1. The van der Waals surface area contributed by atoms with Crippen molar-refractivity contribution in [2.24, 2.45) is 0 Å². The number of nitrogens with one attached hydrogen (secondary N) is 1. The summed E-state index contributed by atoms with van der Waals surface area (Å²) in [6.45, 7) is 1.14. The van der Waals surface area contributed by atoms with Crippen molar-refractivity contribution in [1.82, 2.24) is 10.2 Å². The van der Waals surface area contributed by atoms with Crippen LogP contribution in [0.15, 0.2) is 24.3 Å². The minimum atomic E-state index is -1.05. The third-order valence-electron chi connectivity index (χ3n) is 3.53. The monoisotopic (exact) mass is 352 g/mol. The van der Waals surface area contributed by atoms with Crippen LogP contribution < -0.4 is 5.32 Å².